The van der Waals surface area contributed by atoms with Gasteiger partial charge < -0.3 is 4.90 Å². The van der Waals surface area contributed by atoms with Crippen molar-refractivity contribution in [2.45, 2.75) is 19.3 Å². The van der Waals surface area contributed by atoms with Crippen molar-refractivity contribution in [1.82, 2.24) is 20.6 Å². The Hall–Kier alpha value is -3.26. The van der Waals surface area contributed by atoms with Crippen molar-refractivity contribution in [2.75, 3.05) is 20.2 Å². The van der Waals surface area contributed by atoms with E-state index in [1.165, 1.54) is 44.6 Å². The summed E-state index contributed by atoms with van der Waals surface area (Å²) < 4.78 is 14.7. The van der Waals surface area contributed by atoms with Crippen LogP contribution in [0.25, 0.3) is 22.0 Å². The first kappa shape index (κ1) is 18.7. The van der Waals surface area contributed by atoms with Crippen molar-refractivity contribution in [3.8, 4) is 11.1 Å². The van der Waals surface area contributed by atoms with Crippen LogP contribution in [0.15, 0.2) is 36.5 Å². The molecule has 8 heteroatoms. The maximum Gasteiger partial charge on any atom is 0.274 e. The fourth-order valence-electron chi connectivity index (χ4n) is 4.49. The number of amides is 2. The van der Waals surface area contributed by atoms with E-state index in [4.69, 9.17) is 0 Å². The largest absolute Gasteiger partial charge is 0.337 e. The van der Waals surface area contributed by atoms with Crippen LogP contribution in [0.2, 0.25) is 0 Å². The molecule has 3 aromatic rings. The number of benzene rings is 2. The number of rotatable bonds is 4. The van der Waals surface area contributed by atoms with Crippen molar-refractivity contribution >= 4 is 22.7 Å². The molecular weight excluding hydrogens is 387 g/mol. The smallest absolute Gasteiger partial charge is 0.274 e. The zero-order chi connectivity index (χ0) is 20.9. The highest BCUT2D eigenvalue weighted by molar-refractivity contribution is 6.08. The number of H-pyrrole nitrogens is 1. The third kappa shape index (κ3) is 2.95. The van der Waals surface area contributed by atoms with E-state index < -0.39 is 11.7 Å². The zero-order valence-electron chi connectivity index (χ0n) is 16.5. The molecule has 2 aliphatic rings. The average molecular weight is 408 g/mol. The van der Waals surface area contributed by atoms with Gasteiger partial charge in [-0.2, -0.15) is 5.10 Å². The van der Waals surface area contributed by atoms with Gasteiger partial charge in [0.25, 0.3) is 11.8 Å². The van der Waals surface area contributed by atoms with Gasteiger partial charge in [0.2, 0.25) is 0 Å². The average Bonchev–Trinajstić information content (AvgIpc) is 3.14. The van der Waals surface area contributed by atoms with Crippen molar-refractivity contribution in [2.24, 2.45) is 5.41 Å². The number of halogens is 1. The molecule has 1 spiro atoms. The molecule has 1 aliphatic carbocycles. The second-order valence-electron chi connectivity index (χ2n) is 8.20. The van der Waals surface area contributed by atoms with E-state index in [1.54, 1.807) is 18.3 Å². The molecule has 1 saturated carbocycles. The third-order valence-corrected chi connectivity index (χ3v) is 6.28. The van der Waals surface area contributed by atoms with Gasteiger partial charge >= 0.3 is 0 Å². The number of hydrogen-bond donors (Lipinski definition) is 2. The quantitative estimate of drug-likeness (QED) is 0.649. The number of likely N-dealkylation sites (tertiary alicyclic amines) is 1. The maximum absolute atomic E-state index is 14.7. The van der Waals surface area contributed by atoms with Gasteiger partial charge in [0.1, 0.15) is 5.82 Å². The lowest BCUT2D eigenvalue weighted by Gasteiger charge is -2.55. The standard InChI is InChI=1S/C22H21FN4O3/c1-30-26-20(28)13-3-4-18(23)15(7-13)14-8-16(17-10-24-25-19(17)9-14)21(29)27-11-22(12-27)5-2-6-22/h3-4,7-10H,2,5-6,11-12H2,1H3,(H,24,25)(H,26,28). The summed E-state index contributed by atoms with van der Waals surface area (Å²) in [5, 5.41) is 7.63. The summed E-state index contributed by atoms with van der Waals surface area (Å²) >= 11 is 0. The van der Waals surface area contributed by atoms with E-state index in [0.29, 0.717) is 27.4 Å². The second-order valence-corrected chi connectivity index (χ2v) is 8.20. The molecule has 0 radical (unpaired) electrons. The van der Waals surface area contributed by atoms with Gasteiger partial charge in [0, 0.05) is 35.0 Å². The molecule has 154 valence electrons. The molecule has 2 aromatic carbocycles. The number of fused-ring (bicyclic) bond motifs is 1. The third-order valence-electron chi connectivity index (χ3n) is 6.28. The predicted molar refractivity (Wildman–Crippen MR) is 108 cm³/mol. The summed E-state index contributed by atoms with van der Waals surface area (Å²) in [4.78, 5) is 31.8. The normalized spacial score (nSPS) is 16.9. The summed E-state index contributed by atoms with van der Waals surface area (Å²) in [6, 6.07) is 7.48. The Morgan fingerprint density at radius 2 is 2.03 bits per heavy atom. The molecule has 2 amide bonds. The number of nitrogens with zero attached hydrogens (tertiary/aromatic N) is 2. The number of aromatic amines is 1. The summed E-state index contributed by atoms with van der Waals surface area (Å²) in [5.74, 6) is -1.04. The van der Waals surface area contributed by atoms with E-state index in [2.05, 4.69) is 20.5 Å². The van der Waals surface area contributed by atoms with Gasteiger partial charge in [-0.15, -0.1) is 0 Å². The molecular formula is C22H21FN4O3. The zero-order valence-corrected chi connectivity index (χ0v) is 16.5. The molecule has 5 rings (SSSR count). The Balaban J connectivity index is 1.54. The Bertz CT molecular complexity index is 1160. The predicted octanol–water partition coefficient (Wildman–Crippen LogP) is 3.29. The van der Waals surface area contributed by atoms with Crippen LogP contribution in [0.1, 0.15) is 40.0 Å². The number of aromatic nitrogens is 2. The fourth-order valence-corrected chi connectivity index (χ4v) is 4.49. The minimum Gasteiger partial charge on any atom is -0.337 e. The van der Waals surface area contributed by atoms with Crippen molar-refractivity contribution in [3.63, 3.8) is 0 Å². The van der Waals surface area contributed by atoms with Crippen LogP contribution in [0.5, 0.6) is 0 Å². The van der Waals surface area contributed by atoms with Gasteiger partial charge in [-0.1, -0.05) is 6.42 Å². The molecule has 7 nitrogen and oxygen atoms in total. The lowest BCUT2D eigenvalue weighted by Crippen LogP contribution is -2.61. The first-order valence-corrected chi connectivity index (χ1v) is 9.89. The monoisotopic (exact) mass is 408 g/mol. The highest BCUT2D eigenvalue weighted by Crippen LogP contribution is 2.48. The van der Waals surface area contributed by atoms with Gasteiger partial charge in [-0.3, -0.25) is 19.5 Å². The summed E-state index contributed by atoms with van der Waals surface area (Å²) in [5.41, 5.74) is 4.64. The second kappa shape index (κ2) is 6.91. The molecule has 1 aromatic heterocycles. The van der Waals surface area contributed by atoms with Crippen LogP contribution < -0.4 is 5.48 Å². The minimum absolute atomic E-state index is 0.0746. The fraction of sp³-hybridized carbons (Fsp3) is 0.318. The Morgan fingerprint density at radius 1 is 1.23 bits per heavy atom. The molecule has 2 fully saturated rings. The summed E-state index contributed by atoms with van der Waals surface area (Å²) in [7, 11) is 1.33. The van der Waals surface area contributed by atoms with E-state index in [9.17, 15) is 14.0 Å². The minimum atomic E-state index is -0.487. The lowest BCUT2D eigenvalue weighted by atomic mass is 9.63. The van der Waals surface area contributed by atoms with Crippen LogP contribution in [0.3, 0.4) is 0 Å². The summed E-state index contributed by atoms with van der Waals surface area (Å²) in [6.45, 7) is 1.55. The lowest BCUT2D eigenvalue weighted by molar-refractivity contribution is -0.0425. The molecule has 0 atom stereocenters. The van der Waals surface area contributed by atoms with E-state index >= 15 is 0 Å². The molecule has 1 saturated heterocycles. The van der Waals surface area contributed by atoms with Crippen molar-refractivity contribution < 1.29 is 18.8 Å². The molecule has 2 N–H and O–H groups in total. The first-order valence-electron chi connectivity index (χ1n) is 9.89. The van der Waals surface area contributed by atoms with Crippen molar-refractivity contribution in [1.29, 1.82) is 0 Å². The Labute approximate surface area is 172 Å². The number of carbonyl (C=O) groups is 2. The maximum atomic E-state index is 14.7. The SMILES string of the molecule is CONC(=O)c1ccc(F)c(-c2cc(C(=O)N3CC4(CCC4)C3)c3cn[nH]c3c2)c1. The van der Waals surface area contributed by atoms with E-state index in [-0.39, 0.29) is 17.0 Å². The number of nitrogens with one attached hydrogen (secondary N) is 2. The van der Waals surface area contributed by atoms with Crippen LogP contribution in [-0.2, 0) is 4.84 Å². The van der Waals surface area contributed by atoms with Gasteiger partial charge in [0.15, 0.2) is 0 Å². The highest BCUT2D eigenvalue weighted by Gasteiger charge is 2.49. The van der Waals surface area contributed by atoms with Gasteiger partial charge in [-0.05, 0) is 48.7 Å². The molecule has 2 heterocycles. The summed E-state index contributed by atoms with van der Waals surface area (Å²) in [6.07, 6.45) is 5.21. The first-order chi connectivity index (χ1) is 14.5. The molecule has 0 bridgehead atoms. The van der Waals surface area contributed by atoms with Crippen LogP contribution >= 0.6 is 0 Å². The van der Waals surface area contributed by atoms with Gasteiger partial charge in [0.05, 0.1) is 24.4 Å². The van der Waals surface area contributed by atoms with Crippen LogP contribution in [0, 0.1) is 11.2 Å². The van der Waals surface area contributed by atoms with E-state index in [0.717, 1.165) is 13.1 Å². The molecule has 30 heavy (non-hydrogen) atoms. The van der Waals surface area contributed by atoms with Crippen LogP contribution in [0.4, 0.5) is 4.39 Å². The number of carbonyl (C=O) groups excluding carboxylic acids is 2. The molecule has 0 unspecified atom stereocenters. The Kier molecular flexibility index (Phi) is 4.32. The number of hydrogen-bond acceptors (Lipinski definition) is 4. The van der Waals surface area contributed by atoms with Crippen LogP contribution in [-0.4, -0.2) is 47.1 Å². The van der Waals surface area contributed by atoms with Crippen molar-refractivity contribution in [3.05, 3.63) is 53.5 Å². The Morgan fingerprint density at radius 3 is 2.73 bits per heavy atom. The van der Waals surface area contributed by atoms with E-state index in [1.807, 2.05) is 4.90 Å². The highest BCUT2D eigenvalue weighted by atomic mass is 19.1. The molecule has 1 aliphatic heterocycles. The van der Waals surface area contributed by atoms with Gasteiger partial charge in [-0.25, -0.2) is 9.87 Å². The topological polar surface area (TPSA) is 87.3 Å². The number of hydroxylamine groups is 1.